The Morgan fingerprint density at radius 2 is 1.94 bits per heavy atom. The van der Waals surface area contributed by atoms with Crippen molar-refractivity contribution >= 4 is 0 Å². The molecule has 2 nitrogen and oxygen atoms in total. The van der Waals surface area contributed by atoms with E-state index in [4.69, 9.17) is 0 Å². The van der Waals surface area contributed by atoms with E-state index in [9.17, 15) is 0 Å². The van der Waals surface area contributed by atoms with E-state index in [1.54, 1.807) is 0 Å². The standard InChI is InChI=1S/C14H30N2/c1-6-15-9-14(12(4)5)16-8-7-13(10-16)11(2)3/h11-15H,6-10H2,1-5H3. The van der Waals surface area contributed by atoms with Crippen LogP contribution in [-0.4, -0.2) is 37.1 Å². The minimum atomic E-state index is 0.726. The first-order chi connectivity index (χ1) is 7.56. The monoisotopic (exact) mass is 226 g/mol. The highest BCUT2D eigenvalue weighted by atomic mass is 15.2. The summed E-state index contributed by atoms with van der Waals surface area (Å²) in [6, 6.07) is 0.726. The highest BCUT2D eigenvalue weighted by Crippen LogP contribution is 2.26. The Morgan fingerprint density at radius 1 is 1.25 bits per heavy atom. The quantitative estimate of drug-likeness (QED) is 0.749. The fraction of sp³-hybridized carbons (Fsp3) is 1.00. The SMILES string of the molecule is CCNCC(C(C)C)N1CCC(C(C)C)C1. The largest absolute Gasteiger partial charge is 0.315 e. The third-order valence-corrected chi connectivity index (χ3v) is 4.04. The molecule has 96 valence electrons. The molecule has 2 heteroatoms. The first kappa shape index (κ1) is 14.0. The van der Waals surface area contributed by atoms with Gasteiger partial charge in [-0.1, -0.05) is 34.6 Å². The zero-order valence-electron chi connectivity index (χ0n) is 11.8. The van der Waals surface area contributed by atoms with E-state index in [-0.39, 0.29) is 0 Å². The Hall–Kier alpha value is -0.0800. The summed E-state index contributed by atoms with van der Waals surface area (Å²) in [7, 11) is 0. The number of rotatable bonds is 6. The summed E-state index contributed by atoms with van der Waals surface area (Å²) in [5.74, 6) is 2.52. The molecule has 1 rings (SSSR count). The molecule has 1 saturated heterocycles. The fourth-order valence-electron chi connectivity index (χ4n) is 2.74. The summed E-state index contributed by atoms with van der Waals surface area (Å²) in [6.07, 6.45) is 1.40. The lowest BCUT2D eigenvalue weighted by molar-refractivity contribution is 0.176. The lowest BCUT2D eigenvalue weighted by Crippen LogP contribution is -2.44. The molecular weight excluding hydrogens is 196 g/mol. The maximum atomic E-state index is 3.51. The molecule has 0 aliphatic carbocycles. The minimum absolute atomic E-state index is 0.726. The van der Waals surface area contributed by atoms with E-state index in [1.807, 2.05) is 0 Å². The van der Waals surface area contributed by atoms with Crippen LogP contribution in [0.25, 0.3) is 0 Å². The topological polar surface area (TPSA) is 15.3 Å². The van der Waals surface area contributed by atoms with E-state index in [1.165, 1.54) is 19.5 Å². The maximum Gasteiger partial charge on any atom is 0.0243 e. The van der Waals surface area contributed by atoms with Gasteiger partial charge in [0.15, 0.2) is 0 Å². The Balaban J connectivity index is 2.47. The molecule has 2 unspecified atom stereocenters. The molecule has 1 aliphatic rings. The molecule has 1 aliphatic heterocycles. The maximum absolute atomic E-state index is 3.51. The second-order valence-corrected chi connectivity index (χ2v) is 5.91. The van der Waals surface area contributed by atoms with Crippen LogP contribution in [0, 0.1) is 17.8 Å². The molecule has 1 fully saturated rings. The molecule has 0 aromatic carbocycles. The van der Waals surface area contributed by atoms with Crippen molar-refractivity contribution in [2.45, 2.75) is 47.1 Å². The molecule has 0 aromatic heterocycles. The van der Waals surface area contributed by atoms with Crippen LogP contribution in [-0.2, 0) is 0 Å². The van der Waals surface area contributed by atoms with Crippen LogP contribution in [0.3, 0.4) is 0 Å². The number of hydrogen-bond donors (Lipinski definition) is 1. The first-order valence-corrected chi connectivity index (χ1v) is 7.01. The van der Waals surface area contributed by atoms with Crippen molar-refractivity contribution in [3.8, 4) is 0 Å². The Labute approximate surface area is 102 Å². The van der Waals surface area contributed by atoms with Gasteiger partial charge in [0.25, 0.3) is 0 Å². The summed E-state index contributed by atoms with van der Waals surface area (Å²) >= 11 is 0. The minimum Gasteiger partial charge on any atom is -0.315 e. The van der Waals surface area contributed by atoms with Crippen molar-refractivity contribution in [2.24, 2.45) is 17.8 Å². The smallest absolute Gasteiger partial charge is 0.0243 e. The van der Waals surface area contributed by atoms with Crippen molar-refractivity contribution < 1.29 is 0 Å². The summed E-state index contributed by atoms with van der Waals surface area (Å²) in [5, 5.41) is 3.51. The van der Waals surface area contributed by atoms with Crippen molar-refractivity contribution in [1.82, 2.24) is 10.2 Å². The van der Waals surface area contributed by atoms with Gasteiger partial charge >= 0.3 is 0 Å². The van der Waals surface area contributed by atoms with Gasteiger partial charge in [0, 0.05) is 19.1 Å². The van der Waals surface area contributed by atoms with E-state index in [0.29, 0.717) is 0 Å². The van der Waals surface area contributed by atoms with Gasteiger partial charge in [0.05, 0.1) is 0 Å². The Kier molecular flexibility index (Phi) is 5.77. The van der Waals surface area contributed by atoms with Crippen LogP contribution in [0.1, 0.15) is 41.0 Å². The zero-order chi connectivity index (χ0) is 12.1. The van der Waals surface area contributed by atoms with E-state index in [0.717, 1.165) is 36.9 Å². The van der Waals surface area contributed by atoms with Gasteiger partial charge in [-0.25, -0.2) is 0 Å². The van der Waals surface area contributed by atoms with Crippen LogP contribution in [0.4, 0.5) is 0 Å². The zero-order valence-corrected chi connectivity index (χ0v) is 11.8. The number of nitrogens with zero attached hydrogens (tertiary/aromatic N) is 1. The van der Waals surface area contributed by atoms with Crippen molar-refractivity contribution in [2.75, 3.05) is 26.2 Å². The molecule has 0 aromatic rings. The Bertz CT molecular complexity index is 189. The lowest BCUT2D eigenvalue weighted by Gasteiger charge is -2.31. The predicted molar refractivity (Wildman–Crippen MR) is 71.7 cm³/mol. The van der Waals surface area contributed by atoms with Crippen molar-refractivity contribution in [1.29, 1.82) is 0 Å². The normalized spacial score (nSPS) is 24.6. The first-order valence-electron chi connectivity index (χ1n) is 7.01. The highest BCUT2D eigenvalue weighted by molar-refractivity contribution is 4.85. The van der Waals surface area contributed by atoms with Gasteiger partial charge in [-0.05, 0) is 37.3 Å². The van der Waals surface area contributed by atoms with E-state index >= 15 is 0 Å². The molecule has 0 bridgehead atoms. The third-order valence-electron chi connectivity index (χ3n) is 4.04. The fourth-order valence-corrected chi connectivity index (χ4v) is 2.74. The van der Waals surface area contributed by atoms with Gasteiger partial charge in [0.1, 0.15) is 0 Å². The molecule has 0 amide bonds. The molecule has 1 heterocycles. The third kappa shape index (κ3) is 3.74. The van der Waals surface area contributed by atoms with Crippen LogP contribution >= 0.6 is 0 Å². The molecular formula is C14H30N2. The molecule has 0 saturated carbocycles. The Morgan fingerprint density at radius 3 is 2.38 bits per heavy atom. The number of likely N-dealkylation sites (N-methyl/N-ethyl adjacent to an activating group) is 1. The molecule has 1 N–H and O–H groups in total. The van der Waals surface area contributed by atoms with Gasteiger partial charge in [-0.3, -0.25) is 4.90 Å². The van der Waals surface area contributed by atoms with Crippen molar-refractivity contribution in [3.05, 3.63) is 0 Å². The number of nitrogens with one attached hydrogen (secondary N) is 1. The van der Waals surface area contributed by atoms with Crippen LogP contribution in [0.15, 0.2) is 0 Å². The van der Waals surface area contributed by atoms with Crippen molar-refractivity contribution in [3.63, 3.8) is 0 Å². The lowest BCUT2D eigenvalue weighted by atomic mass is 9.95. The summed E-state index contributed by atoms with van der Waals surface area (Å²) in [6.45, 7) is 16.5. The van der Waals surface area contributed by atoms with Crippen LogP contribution < -0.4 is 5.32 Å². The molecule has 0 radical (unpaired) electrons. The average molecular weight is 226 g/mol. The summed E-state index contributed by atoms with van der Waals surface area (Å²) in [4.78, 5) is 2.71. The van der Waals surface area contributed by atoms with Gasteiger partial charge in [0.2, 0.25) is 0 Å². The predicted octanol–water partition coefficient (Wildman–Crippen LogP) is 2.60. The average Bonchev–Trinajstić information content (AvgIpc) is 2.67. The summed E-state index contributed by atoms with van der Waals surface area (Å²) < 4.78 is 0. The molecule has 16 heavy (non-hydrogen) atoms. The molecule has 2 atom stereocenters. The number of likely N-dealkylation sites (tertiary alicyclic amines) is 1. The van der Waals surface area contributed by atoms with Crippen LogP contribution in [0.5, 0.6) is 0 Å². The number of hydrogen-bond acceptors (Lipinski definition) is 2. The second-order valence-electron chi connectivity index (χ2n) is 5.91. The highest BCUT2D eigenvalue weighted by Gasteiger charge is 2.30. The summed E-state index contributed by atoms with van der Waals surface area (Å²) in [5.41, 5.74) is 0. The van der Waals surface area contributed by atoms with Gasteiger partial charge in [-0.15, -0.1) is 0 Å². The molecule has 0 spiro atoms. The van der Waals surface area contributed by atoms with Crippen LogP contribution in [0.2, 0.25) is 0 Å². The van der Waals surface area contributed by atoms with E-state index < -0.39 is 0 Å². The second kappa shape index (κ2) is 6.61. The van der Waals surface area contributed by atoms with E-state index in [2.05, 4.69) is 44.8 Å². The van der Waals surface area contributed by atoms with Gasteiger partial charge < -0.3 is 5.32 Å². The van der Waals surface area contributed by atoms with Gasteiger partial charge in [-0.2, -0.15) is 0 Å².